The summed E-state index contributed by atoms with van der Waals surface area (Å²) >= 11 is 0. The fourth-order valence-electron chi connectivity index (χ4n) is 0.941. The van der Waals surface area contributed by atoms with Crippen LogP contribution in [0.15, 0.2) is 25.0 Å². The Bertz CT molecular complexity index is 196. The maximum atomic E-state index is 10.6. The molecule has 1 atom stereocenters. The fraction of sp³-hybridized carbons (Fsp3) is 0.444. The molecular formula is C9H12O3. The topological polar surface area (TPSA) is 35.5 Å². The van der Waals surface area contributed by atoms with Crippen molar-refractivity contribution in [1.82, 2.24) is 0 Å². The number of carbonyl (C=O) groups excluding carboxylic acids is 1. The van der Waals surface area contributed by atoms with E-state index < -0.39 is 5.97 Å². The van der Waals surface area contributed by atoms with Gasteiger partial charge < -0.3 is 9.47 Å². The lowest BCUT2D eigenvalue weighted by Gasteiger charge is -2.18. The molecule has 0 aromatic rings. The molecule has 1 aliphatic heterocycles. The van der Waals surface area contributed by atoms with Crippen LogP contribution in [0, 0.1) is 0 Å². The standard InChI is InChI=1S/C9H12O3/c1-2-9(10)12-7-8-5-3-4-6-11-8/h2,4,6,8H,1,3,5,7H2/t8-/m1/s1. The summed E-state index contributed by atoms with van der Waals surface area (Å²) in [5.74, 6) is -0.395. The van der Waals surface area contributed by atoms with E-state index in [4.69, 9.17) is 9.47 Å². The Balaban J connectivity index is 2.18. The average molecular weight is 168 g/mol. The molecule has 66 valence electrons. The second-order valence-corrected chi connectivity index (χ2v) is 2.54. The van der Waals surface area contributed by atoms with Gasteiger partial charge in [-0.25, -0.2) is 4.79 Å². The van der Waals surface area contributed by atoms with Gasteiger partial charge >= 0.3 is 5.97 Å². The van der Waals surface area contributed by atoms with Crippen LogP contribution < -0.4 is 0 Å². The normalized spacial score (nSPS) is 21.2. The summed E-state index contributed by atoms with van der Waals surface area (Å²) in [6.07, 6.45) is 6.65. The Morgan fingerprint density at radius 3 is 3.25 bits per heavy atom. The molecule has 1 rings (SSSR count). The van der Waals surface area contributed by atoms with Crippen LogP contribution in [-0.2, 0) is 14.3 Å². The van der Waals surface area contributed by atoms with E-state index in [1.165, 1.54) is 0 Å². The van der Waals surface area contributed by atoms with Gasteiger partial charge in [0.15, 0.2) is 0 Å². The van der Waals surface area contributed by atoms with E-state index in [0.717, 1.165) is 18.9 Å². The predicted octanol–water partition coefficient (Wildman–Crippen LogP) is 1.41. The van der Waals surface area contributed by atoms with Crippen LogP contribution in [0.25, 0.3) is 0 Å². The predicted molar refractivity (Wildman–Crippen MR) is 44.4 cm³/mol. The lowest BCUT2D eigenvalue weighted by atomic mass is 10.2. The third-order valence-corrected chi connectivity index (χ3v) is 1.60. The zero-order chi connectivity index (χ0) is 8.81. The Kier molecular flexibility index (Phi) is 3.38. The molecule has 3 heteroatoms. The van der Waals surface area contributed by atoms with Crippen molar-refractivity contribution in [2.24, 2.45) is 0 Å². The van der Waals surface area contributed by atoms with Gasteiger partial charge in [0.05, 0.1) is 6.26 Å². The molecule has 0 fully saturated rings. The second-order valence-electron chi connectivity index (χ2n) is 2.54. The molecule has 0 N–H and O–H groups in total. The minimum Gasteiger partial charge on any atom is -0.495 e. The van der Waals surface area contributed by atoms with Gasteiger partial charge in [0.2, 0.25) is 0 Å². The molecule has 12 heavy (non-hydrogen) atoms. The smallest absolute Gasteiger partial charge is 0.330 e. The third kappa shape index (κ3) is 2.78. The first-order valence-electron chi connectivity index (χ1n) is 3.92. The number of hydrogen-bond acceptors (Lipinski definition) is 3. The number of hydrogen-bond donors (Lipinski definition) is 0. The fourth-order valence-corrected chi connectivity index (χ4v) is 0.941. The largest absolute Gasteiger partial charge is 0.495 e. The molecule has 0 radical (unpaired) electrons. The van der Waals surface area contributed by atoms with Crippen LogP contribution in [-0.4, -0.2) is 18.7 Å². The third-order valence-electron chi connectivity index (χ3n) is 1.60. The SMILES string of the molecule is C=CC(=O)OC[C@H]1CCC=CO1. The Hall–Kier alpha value is -1.25. The summed E-state index contributed by atoms with van der Waals surface area (Å²) in [5, 5.41) is 0. The molecule has 0 bridgehead atoms. The Labute approximate surface area is 71.7 Å². The van der Waals surface area contributed by atoms with Crippen LogP contribution >= 0.6 is 0 Å². The Morgan fingerprint density at radius 2 is 2.67 bits per heavy atom. The van der Waals surface area contributed by atoms with E-state index >= 15 is 0 Å². The number of rotatable bonds is 3. The highest BCUT2D eigenvalue weighted by Crippen LogP contribution is 2.10. The summed E-state index contributed by atoms with van der Waals surface area (Å²) in [4.78, 5) is 10.6. The highest BCUT2D eigenvalue weighted by Gasteiger charge is 2.12. The van der Waals surface area contributed by atoms with Crippen LogP contribution in [0.5, 0.6) is 0 Å². The van der Waals surface area contributed by atoms with Gasteiger partial charge in [0.1, 0.15) is 12.7 Å². The van der Waals surface area contributed by atoms with E-state index in [1.54, 1.807) is 6.26 Å². The van der Waals surface area contributed by atoms with Gasteiger partial charge in [-0.15, -0.1) is 0 Å². The molecule has 0 aliphatic carbocycles. The van der Waals surface area contributed by atoms with Crippen molar-refractivity contribution in [2.45, 2.75) is 18.9 Å². The van der Waals surface area contributed by atoms with E-state index in [2.05, 4.69) is 6.58 Å². The van der Waals surface area contributed by atoms with Crippen molar-refractivity contribution in [3.63, 3.8) is 0 Å². The number of carbonyl (C=O) groups is 1. The zero-order valence-electron chi connectivity index (χ0n) is 6.86. The lowest BCUT2D eigenvalue weighted by molar-refractivity contribution is -0.141. The van der Waals surface area contributed by atoms with Crippen molar-refractivity contribution < 1.29 is 14.3 Å². The first-order chi connectivity index (χ1) is 5.83. The van der Waals surface area contributed by atoms with Crippen LogP contribution in [0.3, 0.4) is 0 Å². The molecule has 1 heterocycles. The summed E-state index contributed by atoms with van der Waals surface area (Å²) in [7, 11) is 0. The molecule has 0 saturated heterocycles. The van der Waals surface area contributed by atoms with E-state index in [-0.39, 0.29) is 6.10 Å². The van der Waals surface area contributed by atoms with Crippen molar-refractivity contribution in [3.05, 3.63) is 25.0 Å². The van der Waals surface area contributed by atoms with E-state index in [1.807, 2.05) is 6.08 Å². The van der Waals surface area contributed by atoms with Crippen LogP contribution in [0.2, 0.25) is 0 Å². The molecular weight excluding hydrogens is 156 g/mol. The molecule has 0 saturated carbocycles. The molecule has 1 aliphatic rings. The van der Waals surface area contributed by atoms with Crippen molar-refractivity contribution in [1.29, 1.82) is 0 Å². The summed E-state index contributed by atoms with van der Waals surface area (Å²) in [5.41, 5.74) is 0. The van der Waals surface area contributed by atoms with Gasteiger partial charge in [-0.2, -0.15) is 0 Å². The van der Waals surface area contributed by atoms with Crippen molar-refractivity contribution in [2.75, 3.05) is 6.61 Å². The quantitative estimate of drug-likeness (QED) is 0.472. The van der Waals surface area contributed by atoms with Crippen LogP contribution in [0.4, 0.5) is 0 Å². The summed E-state index contributed by atoms with van der Waals surface area (Å²) in [6.45, 7) is 3.61. The highest BCUT2D eigenvalue weighted by molar-refractivity contribution is 5.81. The maximum absolute atomic E-state index is 10.6. The minimum absolute atomic E-state index is 0.0129. The molecule has 0 aromatic carbocycles. The zero-order valence-corrected chi connectivity index (χ0v) is 6.86. The van der Waals surface area contributed by atoms with E-state index in [0.29, 0.717) is 6.61 Å². The molecule has 0 unspecified atom stereocenters. The maximum Gasteiger partial charge on any atom is 0.330 e. The van der Waals surface area contributed by atoms with Gasteiger partial charge in [0, 0.05) is 6.08 Å². The highest BCUT2D eigenvalue weighted by atomic mass is 16.6. The Morgan fingerprint density at radius 1 is 1.83 bits per heavy atom. The van der Waals surface area contributed by atoms with Gasteiger partial charge in [-0.1, -0.05) is 6.58 Å². The summed E-state index contributed by atoms with van der Waals surface area (Å²) < 4.78 is 10.00. The molecule has 0 aromatic heterocycles. The number of esters is 1. The number of ether oxygens (including phenoxy) is 2. The molecule has 3 nitrogen and oxygen atoms in total. The minimum atomic E-state index is -0.395. The van der Waals surface area contributed by atoms with Crippen molar-refractivity contribution in [3.8, 4) is 0 Å². The van der Waals surface area contributed by atoms with E-state index in [9.17, 15) is 4.79 Å². The first kappa shape index (κ1) is 8.84. The molecule has 0 amide bonds. The van der Waals surface area contributed by atoms with Gasteiger partial charge in [0.25, 0.3) is 0 Å². The second kappa shape index (κ2) is 4.59. The number of allylic oxidation sites excluding steroid dienone is 1. The van der Waals surface area contributed by atoms with Gasteiger partial charge in [-0.3, -0.25) is 0 Å². The first-order valence-corrected chi connectivity index (χ1v) is 3.92. The lowest BCUT2D eigenvalue weighted by Crippen LogP contribution is -2.21. The average Bonchev–Trinajstić information content (AvgIpc) is 2.16. The van der Waals surface area contributed by atoms with Crippen LogP contribution in [0.1, 0.15) is 12.8 Å². The van der Waals surface area contributed by atoms with Gasteiger partial charge in [-0.05, 0) is 18.9 Å². The monoisotopic (exact) mass is 168 g/mol. The van der Waals surface area contributed by atoms with Crippen molar-refractivity contribution >= 4 is 5.97 Å². The molecule has 0 spiro atoms. The summed E-state index contributed by atoms with van der Waals surface area (Å²) in [6, 6.07) is 0.